The van der Waals surface area contributed by atoms with Crippen LogP contribution in [0.25, 0.3) is 0 Å². The first-order valence-electron chi connectivity index (χ1n) is 6.71. The Kier molecular flexibility index (Phi) is 2.99. The van der Waals surface area contributed by atoms with Gasteiger partial charge >= 0.3 is 0 Å². The Morgan fingerprint density at radius 3 is 2.82 bits per heavy atom. The molecule has 0 radical (unpaired) electrons. The van der Waals surface area contributed by atoms with E-state index in [-0.39, 0.29) is 5.56 Å². The molecule has 0 spiro atoms. The third-order valence-corrected chi connectivity index (χ3v) is 3.25. The molecular formula is C16H14N4O2. The summed E-state index contributed by atoms with van der Waals surface area (Å²) < 4.78 is 7.17. The van der Waals surface area contributed by atoms with Crippen molar-refractivity contribution in [2.75, 3.05) is 5.73 Å². The number of rotatable bonds is 0. The van der Waals surface area contributed by atoms with Gasteiger partial charge in [0.15, 0.2) is 5.72 Å². The maximum absolute atomic E-state index is 12.2. The maximum atomic E-state index is 12.2. The van der Waals surface area contributed by atoms with Crippen LogP contribution in [0, 0.1) is 11.3 Å². The van der Waals surface area contributed by atoms with Gasteiger partial charge in [-0.2, -0.15) is 5.26 Å². The fourth-order valence-corrected chi connectivity index (χ4v) is 2.32. The SMILES string of the molecule is CC1(C)N=C(n2cc(N)ccc2=O)c2cc(C#N)ccc2O1. The first kappa shape index (κ1) is 13.9. The summed E-state index contributed by atoms with van der Waals surface area (Å²) in [5, 5.41) is 9.08. The molecule has 22 heavy (non-hydrogen) atoms. The molecule has 6 heteroatoms. The zero-order valence-corrected chi connectivity index (χ0v) is 12.2. The summed E-state index contributed by atoms with van der Waals surface area (Å²) in [5.74, 6) is 0.990. The van der Waals surface area contributed by atoms with Crippen LogP contribution in [-0.2, 0) is 0 Å². The van der Waals surface area contributed by atoms with E-state index in [1.807, 2.05) is 0 Å². The van der Waals surface area contributed by atoms with Crippen LogP contribution in [0.3, 0.4) is 0 Å². The molecule has 1 aromatic heterocycles. The Bertz CT molecular complexity index is 888. The van der Waals surface area contributed by atoms with Crippen molar-refractivity contribution in [2.24, 2.45) is 4.99 Å². The minimum absolute atomic E-state index is 0.251. The van der Waals surface area contributed by atoms with Crippen LogP contribution < -0.4 is 16.0 Å². The second-order valence-corrected chi connectivity index (χ2v) is 5.48. The van der Waals surface area contributed by atoms with Crippen LogP contribution in [0.2, 0.25) is 0 Å². The monoisotopic (exact) mass is 294 g/mol. The van der Waals surface area contributed by atoms with Crippen LogP contribution in [0.5, 0.6) is 5.75 Å². The normalized spacial score (nSPS) is 15.2. The lowest BCUT2D eigenvalue weighted by Gasteiger charge is -2.30. The van der Waals surface area contributed by atoms with Gasteiger partial charge in [-0.25, -0.2) is 4.99 Å². The number of nitriles is 1. The number of aliphatic imine (C=N–C) groups is 1. The predicted molar refractivity (Wildman–Crippen MR) is 82.9 cm³/mol. The number of pyridine rings is 1. The van der Waals surface area contributed by atoms with Crippen LogP contribution in [0.4, 0.5) is 5.69 Å². The van der Waals surface area contributed by atoms with E-state index >= 15 is 0 Å². The van der Waals surface area contributed by atoms with Crippen LogP contribution in [-0.4, -0.2) is 16.1 Å². The largest absolute Gasteiger partial charge is 0.466 e. The lowest BCUT2D eigenvalue weighted by molar-refractivity contribution is 0.114. The van der Waals surface area contributed by atoms with Gasteiger partial charge in [0.1, 0.15) is 11.6 Å². The van der Waals surface area contributed by atoms with E-state index in [4.69, 9.17) is 15.7 Å². The molecule has 1 aromatic carbocycles. The molecule has 0 unspecified atom stereocenters. The number of benzene rings is 1. The number of aromatic nitrogens is 1. The van der Waals surface area contributed by atoms with Crippen LogP contribution in [0.15, 0.2) is 46.3 Å². The summed E-state index contributed by atoms with van der Waals surface area (Å²) in [6, 6.07) is 10.0. The molecular weight excluding hydrogens is 280 g/mol. The highest BCUT2D eigenvalue weighted by molar-refractivity contribution is 6.04. The van der Waals surface area contributed by atoms with Gasteiger partial charge in [-0.05, 0) is 38.1 Å². The Morgan fingerprint density at radius 2 is 2.09 bits per heavy atom. The Labute approximate surface area is 127 Å². The first-order valence-corrected chi connectivity index (χ1v) is 6.71. The zero-order chi connectivity index (χ0) is 15.9. The Morgan fingerprint density at radius 1 is 1.32 bits per heavy atom. The van der Waals surface area contributed by atoms with E-state index in [2.05, 4.69) is 11.1 Å². The van der Waals surface area contributed by atoms with Crippen molar-refractivity contribution in [1.82, 2.24) is 4.57 Å². The molecule has 3 rings (SSSR count). The molecule has 2 N–H and O–H groups in total. The maximum Gasteiger partial charge on any atom is 0.256 e. The van der Waals surface area contributed by atoms with Gasteiger partial charge in [-0.1, -0.05) is 0 Å². The standard InChI is InChI=1S/C16H14N4O2/c1-16(2)19-15(20-9-11(18)4-6-14(20)21)12-7-10(8-17)3-5-13(12)22-16/h3-7,9H,18H2,1-2H3. The van der Waals surface area contributed by atoms with E-state index in [1.165, 1.54) is 22.9 Å². The van der Waals surface area contributed by atoms with Crippen molar-refractivity contribution >= 4 is 11.5 Å². The van der Waals surface area contributed by atoms with E-state index in [1.54, 1.807) is 32.0 Å². The zero-order valence-electron chi connectivity index (χ0n) is 12.2. The highest BCUT2D eigenvalue weighted by atomic mass is 16.5. The van der Waals surface area contributed by atoms with Gasteiger partial charge in [-0.15, -0.1) is 0 Å². The smallest absolute Gasteiger partial charge is 0.256 e. The number of nitrogens with zero attached hydrogens (tertiary/aromatic N) is 3. The van der Waals surface area contributed by atoms with Gasteiger partial charge in [0.2, 0.25) is 0 Å². The molecule has 2 heterocycles. The highest BCUT2D eigenvalue weighted by Crippen LogP contribution is 2.31. The first-order chi connectivity index (χ1) is 10.4. The van der Waals surface area contributed by atoms with Crippen molar-refractivity contribution in [3.05, 3.63) is 58.0 Å². The second kappa shape index (κ2) is 4.74. The topological polar surface area (TPSA) is 93.4 Å². The van der Waals surface area contributed by atoms with Crippen molar-refractivity contribution in [3.63, 3.8) is 0 Å². The summed E-state index contributed by atoms with van der Waals surface area (Å²) in [5.41, 5.74) is 6.21. The van der Waals surface area contributed by atoms with E-state index in [9.17, 15) is 4.79 Å². The minimum Gasteiger partial charge on any atom is -0.466 e. The van der Waals surface area contributed by atoms with Gasteiger partial charge in [-0.3, -0.25) is 9.36 Å². The molecule has 1 aliphatic rings. The summed E-state index contributed by atoms with van der Waals surface area (Å²) >= 11 is 0. The molecule has 0 saturated heterocycles. The number of fused-ring (bicyclic) bond motifs is 1. The van der Waals surface area contributed by atoms with Crippen LogP contribution in [0.1, 0.15) is 25.0 Å². The van der Waals surface area contributed by atoms with Crippen molar-refractivity contribution < 1.29 is 4.74 Å². The quantitative estimate of drug-likeness (QED) is 0.800. The minimum atomic E-state index is -0.819. The van der Waals surface area contributed by atoms with Crippen molar-refractivity contribution in [3.8, 4) is 11.8 Å². The fraction of sp³-hybridized carbons (Fsp3) is 0.188. The number of ether oxygens (including phenoxy) is 1. The Hall–Kier alpha value is -3.07. The lowest BCUT2D eigenvalue weighted by atomic mass is 10.1. The number of nitrogen functional groups attached to an aromatic ring is 1. The van der Waals surface area contributed by atoms with Gasteiger partial charge < -0.3 is 10.5 Å². The third-order valence-electron chi connectivity index (χ3n) is 3.25. The number of anilines is 1. The molecule has 0 bridgehead atoms. The molecule has 0 aliphatic carbocycles. The third kappa shape index (κ3) is 2.33. The predicted octanol–water partition coefficient (Wildman–Crippen LogP) is 1.73. The van der Waals surface area contributed by atoms with E-state index < -0.39 is 5.72 Å². The second-order valence-electron chi connectivity index (χ2n) is 5.48. The number of hydrogen-bond acceptors (Lipinski definition) is 5. The van der Waals surface area contributed by atoms with Crippen molar-refractivity contribution in [1.29, 1.82) is 5.26 Å². The highest BCUT2D eigenvalue weighted by Gasteiger charge is 2.29. The summed E-state index contributed by atoms with van der Waals surface area (Å²) in [6.07, 6.45) is 1.52. The molecule has 110 valence electrons. The molecule has 1 aliphatic heterocycles. The molecule has 0 atom stereocenters. The van der Waals surface area contributed by atoms with E-state index in [0.717, 1.165) is 0 Å². The number of hydrogen-bond donors (Lipinski definition) is 1. The molecule has 2 aromatic rings. The van der Waals surface area contributed by atoms with Crippen LogP contribution >= 0.6 is 0 Å². The molecule has 0 saturated carbocycles. The molecule has 6 nitrogen and oxygen atoms in total. The van der Waals surface area contributed by atoms with Gasteiger partial charge in [0, 0.05) is 18.0 Å². The van der Waals surface area contributed by atoms with Gasteiger partial charge in [0.25, 0.3) is 5.56 Å². The summed E-state index contributed by atoms with van der Waals surface area (Å²) in [6.45, 7) is 3.59. The fourth-order valence-electron chi connectivity index (χ4n) is 2.32. The summed E-state index contributed by atoms with van der Waals surface area (Å²) in [7, 11) is 0. The molecule has 0 fully saturated rings. The number of nitrogens with two attached hydrogens (primary N) is 1. The van der Waals surface area contributed by atoms with Crippen molar-refractivity contribution in [2.45, 2.75) is 19.6 Å². The average Bonchev–Trinajstić information content (AvgIpc) is 2.47. The average molecular weight is 294 g/mol. The summed E-state index contributed by atoms with van der Waals surface area (Å²) in [4.78, 5) is 16.7. The lowest BCUT2D eigenvalue weighted by Crippen LogP contribution is -2.37. The Balaban J connectivity index is 2.30. The van der Waals surface area contributed by atoms with E-state index in [0.29, 0.717) is 28.4 Å². The molecule has 0 amide bonds. The van der Waals surface area contributed by atoms with Gasteiger partial charge in [0.05, 0.1) is 17.2 Å².